The molecule has 221 valence electrons. The molecule has 9 rings (SSSR count). The van der Waals surface area contributed by atoms with Gasteiger partial charge in [0.1, 0.15) is 0 Å². The van der Waals surface area contributed by atoms with E-state index in [1.807, 2.05) is 87.8 Å². The summed E-state index contributed by atoms with van der Waals surface area (Å²) in [5.41, 5.74) is 6.46. The molecule has 2 N–H and O–H groups in total. The van der Waals surface area contributed by atoms with Crippen LogP contribution in [0.2, 0.25) is 4.31 Å². The molecule has 0 aliphatic carbocycles. The fourth-order valence-corrected chi connectivity index (χ4v) is 7.21. The second-order valence-corrected chi connectivity index (χ2v) is 14.1. The summed E-state index contributed by atoms with van der Waals surface area (Å²) in [7, 11) is 0. The molecule has 0 saturated heterocycles. The van der Waals surface area contributed by atoms with Crippen LogP contribution < -0.4 is 4.46 Å². The van der Waals surface area contributed by atoms with E-state index < -0.39 is 0 Å². The fourth-order valence-electron chi connectivity index (χ4n) is 5.93. The second-order valence-electron chi connectivity index (χ2n) is 11.9. The predicted molar refractivity (Wildman–Crippen MR) is 175 cm³/mol. The van der Waals surface area contributed by atoms with Crippen molar-refractivity contribution in [2.45, 2.75) is 25.1 Å². The molecule has 0 saturated carbocycles. The SMILES string of the molecule is C[C](C)(C)[Cu][c]1cccc2c3nc4nc(nc5[nH]c(nc6nc(nc([nH]3)c12)-c1ccccc1-6)c1ccccc51)-c1ccccc1-4. The molecule has 7 aromatic rings. The summed E-state index contributed by atoms with van der Waals surface area (Å²) in [5, 5.41) is 3.88. The number of rotatable bonds is 1. The van der Waals surface area contributed by atoms with E-state index in [0.717, 1.165) is 48.3 Å². The van der Waals surface area contributed by atoms with E-state index in [2.05, 4.69) is 48.9 Å². The molecule has 2 aliphatic heterocycles. The molecule has 0 spiro atoms. The summed E-state index contributed by atoms with van der Waals surface area (Å²) in [5.74, 6) is 2.39. The Labute approximate surface area is 264 Å². The maximum absolute atomic E-state index is 5.19. The van der Waals surface area contributed by atoms with Gasteiger partial charge in [0.25, 0.3) is 0 Å². The molecule has 0 amide bonds. The van der Waals surface area contributed by atoms with Crippen molar-refractivity contribution >= 4 is 48.6 Å². The van der Waals surface area contributed by atoms with Gasteiger partial charge in [-0.25, -0.2) is 0 Å². The summed E-state index contributed by atoms with van der Waals surface area (Å²) >= 11 is 1.92. The van der Waals surface area contributed by atoms with Crippen molar-refractivity contribution in [3.8, 4) is 45.6 Å². The van der Waals surface area contributed by atoms with Crippen LogP contribution in [0, 0.1) is 0 Å². The Hall–Kier alpha value is -5.24. The molecule has 8 nitrogen and oxygen atoms in total. The van der Waals surface area contributed by atoms with Crippen LogP contribution in [0.25, 0.3) is 89.7 Å². The van der Waals surface area contributed by atoms with Gasteiger partial charge in [0.15, 0.2) is 0 Å². The van der Waals surface area contributed by atoms with Gasteiger partial charge in [0, 0.05) is 0 Å². The number of H-pyrrole nitrogens is 2. The normalized spacial score (nSPS) is 12.5. The van der Waals surface area contributed by atoms with Gasteiger partial charge in [-0.15, -0.1) is 0 Å². The van der Waals surface area contributed by atoms with Crippen molar-refractivity contribution < 1.29 is 15.0 Å². The van der Waals surface area contributed by atoms with Crippen LogP contribution in [-0.2, 0) is 15.0 Å². The Balaban J connectivity index is 1.49. The molecule has 0 unspecified atom stereocenters. The average molecular weight is 634 g/mol. The molecule has 3 aromatic heterocycles. The van der Waals surface area contributed by atoms with Gasteiger partial charge in [0.05, 0.1) is 0 Å². The van der Waals surface area contributed by atoms with Crippen molar-refractivity contribution in [2.24, 2.45) is 0 Å². The van der Waals surface area contributed by atoms with E-state index in [1.54, 1.807) is 0 Å². The first-order valence-corrected chi connectivity index (χ1v) is 15.7. The van der Waals surface area contributed by atoms with Crippen LogP contribution in [0.4, 0.5) is 0 Å². The predicted octanol–water partition coefficient (Wildman–Crippen LogP) is 7.80. The van der Waals surface area contributed by atoms with Gasteiger partial charge in [-0.3, -0.25) is 0 Å². The summed E-state index contributed by atoms with van der Waals surface area (Å²) in [4.78, 5) is 37.5. The molecule has 5 heterocycles. The third-order valence-corrected chi connectivity index (χ3v) is 9.16. The summed E-state index contributed by atoms with van der Waals surface area (Å²) in [6.07, 6.45) is 0. The number of nitrogens with zero attached hydrogens (tertiary/aromatic N) is 6. The van der Waals surface area contributed by atoms with Crippen LogP contribution in [0.3, 0.4) is 0 Å². The van der Waals surface area contributed by atoms with Gasteiger partial charge < -0.3 is 0 Å². The van der Waals surface area contributed by atoms with Crippen molar-refractivity contribution in [1.82, 2.24) is 39.9 Å². The van der Waals surface area contributed by atoms with Crippen LogP contribution >= 0.6 is 0 Å². The van der Waals surface area contributed by atoms with Crippen LogP contribution in [0.1, 0.15) is 20.8 Å². The molecule has 0 radical (unpaired) electrons. The van der Waals surface area contributed by atoms with Gasteiger partial charge in [-0.2, -0.15) is 0 Å². The minimum absolute atomic E-state index is 0.0203. The van der Waals surface area contributed by atoms with Crippen molar-refractivity contribution in [1.29, 1.82) is 0 Å². The Morgan fingerprint density at radius 1 is 0.444 bits per heavy atom. The van der Waals surface area contributed by atoms with Crippen LogP contribution in [-0.4, -0.2) is 39.9 Å². The molecular weight excluding hydrogens is 608 g/mol. The van der Waals surface area contributed by atoms with Gasteiger partial charge in [-0.1, -0.05) is 6.07 Å². The standard InChI is InChI=1S/C32H17N8.C4H9.Cu/c1-2-10-18-17(9-1)25-33-26(18)38-28-21-13-5-6-14-22(21)30(35-28)40-32-24-16-8-7-15-23(24)31(36-32)39-29-20-12-4-3-11-19(20)27(34-29)37-25;1-4(2)3;/h1-15H,(H2,33,34,35,36,37,38,39,40);1-3H3;. The first-order valence-electron chi connectivity index (χ1n) is 14.7. The van der Waals surface area contributed by atoms with E-state index in [1.165, 1.54) is 0 Å². The number of hydrogen-bond acceptors (Lipinski definition) is 6. The van der Waals surface area contributed by atoms with Crippen LogP contribution in [0.15, 0.2) is 91.0 Å². The molecule has 0 atom stereocenters. The zero-order chi connectivity index (χ0) is 30.3. The van der Waals surface area contributed by atoms with Gasteiger partial charge in [0.2, 0.25) is 0 Å². The molecule has 8 bridgehead atoms. The van der Waals surface area contributed by atoms with Crippen LogP contribution in [0.5, 0.6) is 0 Å². The number of aromatic amines is 2. The monoisotopic (exact) mass is 633 g/mol. The molecule has 0 fully saturated rings. The summed E-state index contributed by atoms with van der Waals surface area (Å²) in [6, 6.07) is 30.6. The zero-order valence-electron chi connectivity index (χ0n) is 24.6. The van der Waals surface area contributed by atoms with E-state index >= 15 is 0 Å². The molecule has 45 heavy (non-hydrogen) atoms. The Kier molecular flexibility index (Phi) is 5.60. The quantitative estimate of drug-likeness (QED) is 0.179. The Morgan fingerprint density at radius 2 is 0.844 bits per heavy atom. The topological polar surface area (TPSA) is 109 Å². The number of aromatic nitrogens is 8. The molecule has 2 aliphatic rings. The minimum atomic E-state index is -0.0203. The zero-order valence-corrected chi connectivity index (χ0v) is 25.6. The summed E-state index contributed by atoms with van der Waals surface area (Å²) in [6.45, 7) is 6.63. The van der Waals surface area contributed by atoms with Crippen molar-refractivity contribution in [3.63, 3.8) is 0 Å². The average Bonchev–Trinajstić information content (AvgIpc) is 3.76. The maximum atomic E-state index is 5.19. The number of hydrogen-bond donors (Lipinski definition) is 2. The van der Waals surface area contributed by atoms with Gasteiger partial charge in [-0.05, 0) is 0 Å². The number of nitrogens with one attached hydrogen (secondary N) is 2. The van der Waals surface area contributed by atoms with Gasteiger partial charge >= 0.3 is 259 Å². The summed E-state index contributed by atoms with van der Waals surface area (Å²) < 4.78 is 1.09. The molecular formula is C36H26CuN8. The van der Waals surface area contributed by atoms with E-state index in [9.17, 15) is 0 Å². The van der Waals surface area contributed by atoms with E-state index in [4.69, 9.17) is 29.9 Å². The van der Waals surface area contributed by atoms with E-state index in [0.29, 0.717) is 45.9 Å². The van der Waals surface area contributed by atoms with Crippen molar-refractivity contribution in [3.05, 3.63) is 91.0 Å². The number of benzene rings is 4. The van der Waals surface area contributed by atoms with Crippen molar-refractivity contribution in [2.75, 3.05) is 0 Å². The first-order chi connectivity index (χ1) is 21.9. The Morgan fingerprint density at radius 3 is 1.33 bits per heavy atom. The fraction of sp³-hybridized carbons (Fsp3) is 0.111. The Bertz CT molecular complexity index is 2520. The van der Waals surface area contributed by atoms with E-state index in [-0.39, 0.29) is 4.31 Å². The first kappa shape index (κ1) is 26.2. The third-order valence-electron chi connectivity index (χ3n) is 7.80. The molecule has 4 aromatic carbocycles. The second kappa shape index (κ2) is 9.63. The third kappa shape index (κ3) is 4.27. The molecule has 9 heteroatoms. The number of fused-ring (bicyclic) bond motifs is 20.